The largest absolute Gasteiger partial charge is 0.464 e. The number of esters is 1. The molecule has 0 atom stereocenters. The predicted molar refractivity (Wildman–Crippen MR) is 119 cm³/mol. The molecule has 6 heteroatoms. The Bertz CT molecular complexity index is 989. The third-order valence-corrected chi connectivity index (χ3v) is 5.91. The molecule has 1 amide bonds. The number of fused-ring (bicyclic) bond motifs is 1. The Kier molecular flexibility index (Phi) is 7.09. The molecule has 0 unspecified atom stereocenters. The number of unbranched alkanes of at least 4 members (excludes halogenated alkanes) is 3. The SMILES string of the molecule is CCCCCCN(C(=O)Cn1c(C(=O)OC)cc2sccc21)c1cccc(C)c1. The maximum Gasteiger partial charge on any atom is 0.354 e. The molecule has 0 saturated carbocycles. The van der Waals surface area contributed by atoms with E-state index in [9.17, 15) is 9.59 Å². The average molecular weight is 413 g/mol. The zero-order valence-electron chi connectivity index (χ0n) is 17.3. The molecule has 3 aromatic rings. The number of anilines is 1. The van der Waals surface area contributed by atoms with Crippen LogP contribution in [0.15, 0.2) is 41.8 Å². The summed E-state index contributed by atoms with van der Waals surface area (Å²) in [5, 5.41) is 1.97. The van der Waals surface area contributed by atoms with Gasteiger partial charge >= 0.3 is 5.97 Å². The number of carbonyl (C=O) groups is 2. The first-order valence-electron chi connectivity index (χ1n) is 10.1. The maximum atomic E-state index is 13.4. The zero-order chi connectivity index (χ0) is 20.8. The van der Waals surface area contributed by atoms with Gasteiger partial charge in [0.15, 0.2) is 0 Å². The average Bonchev–Trinajstić information content (AvgIpc) is 3.30. The minimum Gasteiger partial charge on any atom is -0.464 e. The summed E-state index contributed by atoms with van der Waals surface area (Å²) in [6.07, 6.45) is 4.37. The summed E-state index contributed by atoms with van der Waals surface area (Å²) >= 11 is 1.55. The van der Waals surface area contributed by atoms with Gasteiger partial charge in [-0.05, 0) is 48.6 Å². The highest BCUT2D eigenvalue weighted by atomic mass is 32.1. The van der Waals surface area contributed by atoms with E-state index in [2.05, 4.69) is 6.92 Å². The number of hydrogen-bond donors (Lipinski definition) is 0. The molecule has 5 nitrogen and oxygen atoms in total. The highest BCUT2D eigenvalue weighted by Gasteiger charge is 2.22. The summed E-state index contributed by atoms with van der Waals surface area (Å²) in [5.74, 6) is -0.452. The Balaban J connectivity index is 1.89. The first-order chi connectivity index (χ1) is 14.0. The van der Waals surface area contributed by atoms with Crippen LogP contribution >= 0.6 is 11.3 Å². The molecular weight excluding hydrogens is 384 g/mol. The van der Waals surface area contributed by atoms with Crippen LogP contribution in [0, 0.1) is 6.92 Å². The molecular formula is C23H28N2O3S. The van der Waals surface area contributed by atoms with Gasteiger partial charge in [0.25, 0.3) is 0 Å². The van der Waals surface area contributed by atoms with Gasteiger partial charge in [0.1, 0.15) is 12.2 Å². The molecule has 29 heavy (non-hydrogen) atoms. The first-order valence-corrected chi connectivity index (χ1v) is 10.9. The van der Waals surface area contributed by atoms with Crippen molar-refractivity contribution in [2.45, 2.75) is 46.1 Å². The zero-order valence-corrected chi connectivity index (χ0v) is 18.1. The van der Waals surface area contributed by atoms with Crippen LogP contribution in [-0.2, 0) is 16.1 Å². The Morgan fingerprint density at radius 1 is 1.14 bits per heavy atom. The summed E-state index contributed by atoms with van der Waals surface area (Å²) < 4.78 is 7.68. The molecule has 0 radical (unpaired) electrons. The van der Waals surface area contributed by atoms with Gasteiger partial charge in [-0.15, -0.1) is 11.3 Å². The molecule has 0 fully saturated rings. The fourth-order valence-corrected chi connectivity index (χ4v) is 4.35. The molecule has 3 rings (SSSR count). The minimum atomic E-state index is -0.425. The van der Waals surface area contributed by atoms with Crippen molar-refractivity contribution in [2.24, 2.45) is 0 Å². The lowest BCUT2D eigenvalue weighted by Gasteiger charge is -2.24. The molecule has 154 valence electrons. The fraction of sp³-hybridized carbons (Fsp3) is 0.391. The van der Waals surface area contributed by atoms with Crippen molar-refractivity contribution in [1.82, 2.24) is 4.57 Å². The number of rotatable bonds is 9. The van der Waals surface area contributed by atoms with Crippen LogP contribution in [0.5, 0.6) is 0 Å². The third-order valence-electron chi connectivity index (χ3n) is 5.06. The second-order valence-corrected chi connectivity index (χ2v) is 8.17. The smallest absolute Gasteiger partial charge is 0.354 e. The molecule has 1 aromatic carbocycles. The molecule has 2 aromatic heterocycles. The number of benzene rings is 1. The number of nitrogens with zero attached hydrogens (tertiary/aromatic N) is 2. The number of carbonyl (C=O) groups excluding carboxylic acids is 2. The van der Waals surface area contributed by atoms with Crippen LogP contribution in [0.2, 0.25) is 0 Å². The topological polar surface area (TPSA) is 51.5 Å². The van der Waals surface area contributed by atoms with Crippen LogP contribution in [0.25, 0.3) is 10.2 Å². The Labute approximate surface area is 175 Å². The number of methoxy groups -OCH3 is 1. The monoisotopic (exact) mass is 412 g/mol. The van der Waals surface area contributed by atoms with Gasteiger partial charge in [-0.3, -0.25) is 4.79 Å². The quantitative estimate of drug-likeness (QED) is 0.349. The van der Waals surface area contributed by atoms with E-state index in [1.807, 2.05) is 47.5 Å². The molecule has 2 heterocycles. The molecule has 0 spiro atoms. The molecule has 0 aliphatic carbocycles. The predicted octanol–water partition coefficient (Wildman–Crippen LogP) is 5.41. The summed E-state index contributed by atoms with van der Waals surface area (Å²) in [4.78, 5) is 27.5. The van der Waals surface area contributed by atoms with Gasteiger partial charge in [-0.25, -0.2) is 4.79 Å². The van der Waals surface area contributed by atoms with Gasteiger partial charge in [0.05, 0.1) is 17.3 Å². The molecule has 0 N–H and O–H groups in total. The number of ether oxygens (including phenoxy) is 1. The van der Waals surface area contributed by atoms with Gasteiger partial charge in [0.2, 0.25) is 5.91 Å². The standard InChI is InChI=1S/C23H28N2O3S/c1-4-5-6-7-12-24(18-10-8-9-17(2)14-18)22(26)16-25-19-11-13-29-21(19)15-20(25)23(27)28-3/h8-11,13-15H,4-7,12,16H2,1-3H3. The van der Waals surface area contributed by atoms with Crippen molar-refractivity contribution in [3.05, 3.63) is 53.0 Å². The van der Waals surface area contributed by atoms with E-state index < -0.39 is 5.97 Å². The van der Waals surface area contributed by atoms with Crippen LogP contribution < -0.4 is 4.90 Å². The van der Waals surface area contributed by atoms with Crippen molar-refractivity contribution in [3.8, 4) is 0 Å². The lowest BCUT2D eigenvalue weighted by atomic mass is 10.1. The number of thiophene rings is 1. The number of aryl methyl sites for hydroxylation is 1. The van der Waals surface area contributed by atoms with Crippen LogP contribution in [-0.4, -0.2) is 30.1 Å². The summed E-state index contributed by atoms with van der Waals surface area (Å²) in [6, 6.07) is 11.8. The van der Waals surface area contributed by atoms with Gasteiger partial charge in [-0.1, -0.05) is 38.3 Å². The van der Waals surface area contributed by atoms with E-state index in [4.69, 9.17) is 4.74 Å². The molecule has 0 bridgehead atoms. The van der Waals surface area contributed by atoms with E-state index in [1.165, 1.54) is 7.11 Å². The van der Waals surface area contributed by atoms with E-state index in [1.54, 1.807) is 22.0 Å². The third kappa shape index (κ3) is 4.88. The van der Waals surface area contributed by atoms with Crippen molar-refractivity contribution in [1.29, 1.82) is 0 Å². The summed E-state index contributed by atoms with van der Waals surface area (Å²) in [7, 11) is 1.36. The van der Waals surface area contributed by atoms with Crippen LogP contribution in [0.1, 0.15) is 48.7 Å². The van der Waals surface area contributed by atoms with Crippen molar-refractivity contribution in [3.63, 3.8) is 0 Å². The second kappa shape index (κ2) is 9.74. The maximum absolute atomic E-state index is 13.4. The van der Waals surface area contributed by atoms with Crippen molar-refractivity contribution in [2.75, 3.05) is 18.6 Å². The molecule has 0 aliphatic heterocycles. The number of aromatic nitrogens is 1. The second-order valence-electron chi connectivity index (χ2n) is 7.22. The normalized spacial score (nSPS) is 11.0. The van der Waals surface area contributed by atoms with Crippen molar-refractivity contribution >= 4 is 39.1 Å². The van der Waals surface area contributed by atoms with Crippen molar-refractivity contribution < 1.29 is 14.3 Å². The van der Waals surface area contributed by atoms with Crippen LogP contribution in [0.3, 0.4) is 0 Å². The van der Waals surface area contributed by atoms with Crippen LogP contribution in [0.4, 0.5) is 5.69 Å². The Morgan fingerprint density at radius 3 is 2.69 bits per heavy atom. The highest BCUT2D eigenvalue weighted by molar-refractivity contribution is 7.17. The summed E-state index contributed by atoms with van der Waals surface area (Å²) in [6.45, 7) is 4.98. The highest BCUT2D eigenvalue weighted by Crippen LogP contribution is 2.26. The Morgan fingerprint density at radius 2 is 1.97 bits per heavy atom. The van der Waals surface area contributed by atoms with Gasteiger partial charge in [0, 0.05) is 12.2 Å². The van der Waals surface area contributed by atoms with E-state index in [0.717, 1.165) is 47.2 Å². The minimum absolute atomic E-state index is 0.0269. The number of hydrogen-bond acceptors (Lipinski definition) is 4. The molecule has 0 aliphatic rings. The lowest BCUT2D eigenvalue weighted by Crippen LogP contribution is -2.35. The van der Waals surface area contributed by atoms with Gasteiger partial charge in [-0.2, -0.15) is 0 Å². The van der Waals surface area contributed by atoms with E-state index in [0.29, 0.717) is 12.2 Å². The van der Waals surface area contributed by atoms with E-state index >= 15 is 0 Å². The van der Waals surface area contributed by atoms with Gasteiger partial charge < -0.3 is 14.2 Å². The Hall–Kier alpha value is -2.60. The lowest BCUT2D eigenvalue weighted by molar-refractivity contribution is -0.119. The first kappa shape index (κ1) is 21.1. The molecule has 0 saturated heterocycles. The number of amides is 1. The van der Waals surface area contributed by atoms with E-state index in [-0.39, 0.29) is 12.5 Å². The summed E-state index contributed by atoms with van der Waals surface area (Å²) in [5.41, 5.74) is 3.32. The fourth-order valence-electron chi connectivity index (χ4n) is 3.53.